The van der Waals surface area contributed by atoms with E-state index in [1.807, 2.05) is 0 Å². The summed E-state index contributed by atoms with van der Waals surface area (Å²) in [7, 11) is 0. The molecule has 4 rings (SSSR count). The maximum absolute atomic E-state index is 13.4. The first-order chi connectivity index (χ1) is 34.2. The van der Waals surface area contributed by atoms with Gasteiger partial charge in [-0.3, -0.25) is 9.59 Å². The molecular formula is C59H100O12. The van der Waals surface area contributed by atoms with Gasteiger partial charge in [0.05, 0.1) is 56.1 Å². The Labute approximate surface area is 430 Å². The van der Waals surface area contributed by atoms with Gasteiger partial charge in [0.25, 0.3) is 0 Å². The van der Waals surface area contributed by atoms with Crippen LogP contribution in [0.5, 0.6) is 0 Å². The normalized spacial score (nSPS) is 25.5. The number of allylic oxidation sites excluding steroid dienone is 1. The van der Waals surface area contributed by atoms with Crippen LogP contribution in [-0.2, 0) is 57.1 Å². The fourth-order valence-corrected chi connectivity index (χ4v) is 10.8. The van der Waals surface area contributed by atoms with Crippen molar-refractivity contribution in [2.75, 3.05) is 46.2 Å². The smallest absolute Gasteiger partial charge is 0.330 e. The molecule has 3 atom stereocenters. The van der Waals surface area contributed by atoms with E-state index in [1.165, 1.54) is 43.4 Å². The lowest BCUT2D eigenvalue weighted by molar-refractivity contribution is -0.170. The van der Waals surface area contributed by atoms with Crippen LogP contribution in [-0.4, -0.2) is 101 Å². The SMILES string of the molecule is C.C=CC(=O)OCCCCCCOC1CCC(CC(=C)C2CCC(OCCCCCCOC3CCC(OC(=O)C4CCC(OCCCCCCOC(=O)C=C)CC4)CC3C(=O)OCCCCC)CC2)CC1. The summed E-state index contributed by atoms with van der Waals surface area (Å²) in [5, 5.41) is 0. The van der Waals surface area contributed by atoms with Gasteiger partial charge in [0, 0.05) is 45.0 Å². The molecule has 0 N–H and O–H groups in total. The monoisotopic (exact) mass is 1000 g/mol. The summed E-state index contributed by atoms with van der Waals surface area (Å²) in [5.41, 5.74) is 1.45. The van der Waals surface area contributed by atoms with Gasteiger partial charge in [-0.05, 0) is 166 Å². The highest BCUT2D eigenvalue weighted by Gasteiger charge is 2.40. The molecule has 408 valence electrons. The Bertz CT molecular complexity index is 1470. The van der Waals surface area contributed by atoms with E-state index in [0.29, 0.717) is 70.4 Å². The third-order valence-corrected chi connectivity index (χ3v) is 15.3. The minimum Gasteiger partial charge on any atom is -0.465 e. The lowest BCUT2D eigenvalue weighted by Crippen LogP contribution is -2.42. The number of unbranched alkanes of at least 4 members (excludes halogenated alkanes) is 11. The lowest BCUT2D eigenvalue weighted by Gasteiger charge is -2.35. The number of rotatable bonds is 37. The van der Waals surface area contributed by atoms with Crippen LogP contribution in [0.2, 0.25) is 0 Å². The summed E-state index contributed by atoms with van der Waals surface area (Å²) < 4.78 is 47.0. The fraction of sp³-hybridized carbons (Fsp3) is 0.831. The van der Waals surface area contributed by atoms with Gasteiger partial charge in [0.2, 0.25) is 0 Å². The van der Waals surface area contributed by atoms with E-state index >= 15 is 0 Å². The summed E-state index contributed by atoms with van der Waals surface area (Å²) in [6.07, 6.45) is 33.4. The Kier molecular flexibility index (Phi) is 33.8. The van der Waals surface area contributed by atoms with E-state index in [4.69, 9.17) is 37.9 Å². The Balaban J connectivity index is 0.0000133. The average Bonchev–Trinajstić information content (AvgIpc) is 3.38. The Morgan fingerprint density at radius 1 is 0.451 bits per heavy atom. The van der Waals surface area contributed by atoms with Gasteiger partial charge in [-0.1, -0.05) is 78.2 Å². The van der Waals surface area contributed by atoms with Gasteiger partial charge < -0.3 is 37.9 Å². The van der Waals surface area contributed by atoms with E-state index in [9.17, 15) is 19.2 Å². The molecule has 0 bridgehead atoms. The van der Waals surface area contributed by atoms with Crippen LogP contribution in [0.3, 0.4) is 0 Å². The Morgan fingerprint density at radius 2 is 0.859 bits per heavy atom. The molecule has 0 aliphatic heterocycles. The number of carbonyl (C=O) groups is 4. The number of carbonyl (C=O) groups excluding carboxylic acids is 4. The summed E-state index contributed by atoms with van der Waals surface area (Å²) in [4.78, 5) is 49.0. The first-order valence-corrected chi connectivity index (χ1v) is 28.3. The fourth-order valence-electron chi connectivity index (χ4n) is 10.8. The van der Waals surface area contributed by atoms with Crippen molar-refractivity contribution in [3.05, 3.63) is 37.5 Å². The minimum atomic E-state index is -0.428. The second-order valence-corrected chi connectivity index (χ2v) is 20.8. The highest BCUT2D eigenvalue weighted by molar-refractivity contribution is 5.81. The van der Waals surface area contributed by atoms with Crippen molar-refractivity contribution in [1.82, 2.24) is 0 Å². The second-order valence-electron chi connectivity index (χ2n) is 20.8. The molecule has 0 saturated heterocycles. The molecular weight excluding hydrogens is 901 g/mol. The highest BCUT2D eigenvalue weighted by Crippen LogP contribution is 2.38. The molecule has 0 radical (unpaired) electrons. The number of esters is 4. The predicted molar refractivity (Wildman–Crippen MR) is 281 cm³/mol. The molecule has 0 heterocycles. The van der Waals surface area contributed by atoms with E-state index < -0.39 is 5.92 Å². The maximum atomic E-state index is 13.4. The average molecular weight is 1000 g/mol. The second kappa shape index (κ2) is 38.5. The van der Waals surface area contributed by atoms with Gasteiger partial charge in [0.15, 0.2) is 0 Å². The van der Waals surface area contributed by atoms with Crippen LogP contribution in [0, 0.1) is 23.7 Å². The van der Waals surface area contributed by atoms with Crippen molar-refractivity contribution in [3.8, 4) is 0 Å². The summed E-state index contributed by atoms with van der Waals surface area (Å²) in [6, 6.07) is 0. The predicted octanol–water partition coefficient (Wildman–Crippen LogP) is 13.3. The molecule has 4 aliphatic carbocycles. The molecule has 4 saturated carbocycles. The molecule has 4 aliphatic rings. The largest absolute Gasteiger partial charge is 0.465 e. The van der Waals surface area contributed by atoms with Crippen molar-refractivity contribution in [1.29, 1.82) is 0 Å². The zero-order valence-electron chi connectivity index (χ0n) is 43.7. The third kappa shape index (κ3) is 26.6. The topological polar surface area (TPSA) is 142 Å². The molecule has 12 heteroatoms. The van der Waals surface area contributed by atoms with Crippen molar-refractivity contribution in [2.24, 2.45) is 23.7 Å². The third-order valence-electron chi connectivity index (χ3n) is 15.3. The molecule has 12 nitrogen and oxygen atoms in total. The van der Waals surface area contributed by atoms with Crippen LogP contribution >= 0.6 is 0 Å². The standard InChI is InChI=1S/C58H96O12.CH4/c1-5-8-15-42-69-58(62)53-44-52(70-57(61)48-26-32-51(33-27-48)65-38-18-11-14-21-41-68-56(60)7-3)34-35-54(53)66-39-19-12-9-16-37-64-50-30-24-47(25-31-50)45(4)43-46-22-28-49(29-23-46)63-36-17-10-13-20-40-67-55(59)6-2;/h6-7,46-54H,2-5,8-44H2,1H3;1H4. The van der Waals surface area contributed by atoms with Crippen molar-refractivity contribution in [3.63, 3.8) is 0 Å². The van der Waals surface area contributed by atoms with Gasteiger partial charge in [-0.25, -0.2) is 9.59 Å². The van der Waals surface area contributed by atoms with Crippen molar-refractivity contribution in [2.45, 2.75) is 244 Å². The molecule has 0 amide bonds. The maximum Gasteiger partial charge on any atom is 0.330 e. The van der Waals surface area contributed by atoms with E-state index in [2.05, 4.69) is 26.7 Å². The van der Waals surface area contributed by atoms with Crippen molar-refractivity contribution >= 4 is 23.9 Å². The van der Waals surface area contributed by atoms with Crippen LogP contribution in [0.15, 0.2) is 37.5 Å². The van der Waals surface area contributed by atoms with Crippen LogP contribution in [0.4, 0.5) is 0 Å². The summed E-state index contributed by atoms with van der Waals surface area (Å²) >= 11 is 0. The van der Waals surface area contributed by atoms with Crippen molar-refractivity contribution < 1.29 is 57.1 Å². The van der Waals surface area contributed by atoms with Crippen LogP contribution in [0.1, 0.15) is 213 Å². The first kappa shape index (κ1) is 62.2. The van der Waals surface area contributed by atoms with Crippen LogP contribution < -0.4 is 0 Å². The van der Waals surface area contributed by atoms with E-state index in [1.54, 1.807) is 0 Å². The zero-order valence-corrected chi connectivity index (χ0v) is 43.7. The highest BCUT2D eigenvalue weighted by atomic mass is 16.6. The quantitative estimate of drug-likeness (QED) is 0.0192. The van der Waals surface area contributed by atoms with Crippen LogP contribution in [0.25, 0.3) is 0 Å². The molecule has 3 unspecified atom stereocenters. The molecule has 71 heavy (non-hydrogen) atoms. The van der Waals surface area contributed by atoms with Gasteiger partial charge in [0.1, 0.15) is 6.10 Å². The molecule has 4 fully saturated rings. The molecule has 0 aromatic rings. The van der Waals surface area contributed by atoms with Gasteiger partial charge in [-0.2, -0.15) is 0 Å². The van der Waals surface area contributed by atoms with Gasteiger partial charge >= 0.3 is 23.9 Å². The number of hydrogen-bond acceptors (Lipinski definition) is 12. The minimum absolute atomic E-state index is 0. The molecule has 0 spiro atoms. The number of hydrogen-bond donors (Lipinski definition) is 0. The molecule has 0 aromatic heterocycles. The number of ether oxygens (including phenoxy) is 8. The Morgan fingerprint density at radius 3 is 1.34 bits per heavy atom. The van der Waals surface area contributed by atoms with Gasteiger partial charge in [-0.15, -0.1) is 0 Å². The first-order valence-electron chi connectivity index (χ1n) is 28.3. The van der Waals surface area contributed by atoms with E-state index in [0.717, 1.165) is 173 Å². The Hall–Kier alpha value is -3.06. The summed E-state index contributed by atoms with van der Waals surface area (Å²) in [5.74, 6) is -0.282. The summed E-state index contributed by atoms with van der Waals surface area (Å²) in [6.45, 7) is 17.8. The molecule has 0 aromatic carbocycles. The lowest BCUT2D eigenvalue weighted by atomic mass is 9.76. The zero-order chi connectivity index (χ0) is 50.0. The van der Waals surface area contributed by atoms with E-state index in [-0.39, 0.29) is 55.5 Å².